The molecule has 0 fully saturated rings. The van der Waals surface area contributed by atoms with E-state index in [0.29, 0.717) is 16.7 Å². The van der Waals surface area contributed by atoms with E-state index >= 15 is 0 Å². The smallest absolute Gasteiger partial charge is 0.0545 e. The zero-order chi connectivity index (χ0) is 12.8. The van der Waals surface area contributed by atoms with E-state index < -0.39 is 10.8 Å². The molecule has 17 heavy (non-hydrogen) atoms. The number of hydrogen-bond acceptors (Lipinski definition) is 2. The summed E-state index contributed by atoms with van der Waals surface area (Å²) in [6.45, 7) is 7.25. The second kappa shape index (κ2) is 7.14. The molecule has 2 atom stereocenters. The lowest BCUT2D eigenvalue weighted by molar-refractivity contribution is 0.440. The molecule has 0 saturated heterocycles. The number of hydrogen-bond donors (Lipinski definition) is 1. The first kappa shape index (κ1) is 14.7. The molecule has 2 unspecified atom stereocenters. The Morgan fingerprint density at radius 1 is 1.41 bits per heavy atom. The summed E-state index contributed by atoms with van der Waals surface area (Å²) in [5.74, 6) is 1.10. The maximum absolute atomic E-state index is 12.2. The van der Waals surface area contributed by atoms with Gasteiger partial charge in [-0.05, 0) is 30.7 Å². The summed E-state index contributed by atoms with van der Waals surface area (Å²) in [4.78, 5) is 0.807. The number of benzene rings is 1. The van der Waals surface area contributed by atoms with Gasteiger partial charge in [-0.2, -0.15) is 0 Å². The molecule has 1 N–H and O–H groups in total. The average Bonchev–Trinajstić information content (AvgIpc) is 2.28. The van der Waals surface area contributed by atoms with Crippen molar-refractivity contribution in [3.8, 4) is 0 Å². The van der Waals surface area contributed by atoms with E-state index in [1.54, 1.807) is 12.1 Å². The summed E-state index contributed by atoms with van der Waals surface area (Å²) in [6.07, 6.45) is 0. The summed E-state index contributed by atoms with van der Waals surface area (Å²) in [6, 6.07) is 7.56. The lowest BCUT2D eigenvalue weighted by Gasteiger charge is -2.21. The van der Waals surface area contributed by atoms with E-state index in [0.717, 1.165) is 11.4 Å². The molecule has 1 rings (SSSR count). The van der Waals surface area contributed by atoms with Gasteiger partial charge < -0.3 is 5.32 Å². The Hall–Kier alpha value is -0.380. The summed E-state index contributed by atoms with van der Waals surface area (Å²) in [7, 11) is -0.993. The van der Waals surface area contributed by atoms with Gasteiger partial charge in [-0.3, -0.25) is 4.21 Å². The van der Waals surface area contributed by atoms with Crippen LogP contribution < -0.4 is 5.32 Å². The lowest BCUT2D eigenvalue weighted by Crippen LogP contribution is -2.38. The van der Waals surface area contributed by atoms with Crippen LogP contribution >= 0.6 is 11.6 Å². The number of nitrogens with one attached hydrogen (secondary N) is 1. The third kappa shape index (κ3) is 4.78. The van der Waals surface area contributed by atoms with Crippen molar-refractivity contribution in [3.05, 3.63) is 29.3 Å². The van der Waals surface area contributed by atoms with Gasteiger partial charge in [-0.25, -0.2) is 0 Å². The Labute approximate surface area is 111 Å². The van der Waals surface area contributed by atoms with Crippen LogP contribution in [0.15, 0.2) is 29.2 Å². The predicted octanol–water partition coefficient (Wildman–Crippen LogP) is 3.08. The molecule has 1 aromatic carbocycles. The molecule has 0 aliphatic rings. The van der Waals surface area contributed by atoms with E-state index in [1.807, 2.05) is 12.1 Å². The SMILES string of the molecule is CCNC(CS(=O)c1cccc(Cl)c1)C(C)C. The monoisotopic (exact) mass is 273 g/mol. The highest BCUT2D eigenvalue weighted by Crippen LogP contribution is 2.16. The van der Waals surface area contributed by atoms with Gasteiger partial charge in [0.05, 0.1) is 10.8 Å². The summed E-state index contributed by atoms with van der Waals surface area (Å²) in [5.41, 5.74) is 0. The highest BCUT2D eigenvalue weighted by atomic mass is 35.5. The van der Waals surface area contributed by atoms with Crippen LogP contribution in [0.25, 0.3) is 0 Å². The normalized spacial score (nSPS) is 14.9. The minimum Gasteiger partial charge on any atom is -0.313 e. The van der Waals surface area contributed by atoms with Crippen LogP contribution in [0.2, 0.25) is 5.02 Å². The number of rotatable bonds is 6. The van der Waals surface area contributed by atoms with Gasteiger partial charge in [-0.15, -0.1) is 0 Å². The Kier molecular flexibility index (Phi) is 6.17. The first-order valence-corrected chi connectivity index (χ1v) is 7.61. The third-order valence-electron chi connectivity index (χ3n) is 2.66. The van der Waals surface area contributed by atoms with Crippen molar-refractivity contribution < 1.29 is 4.21 Å². The zero-order valence-corrected chi connectivity index (χ0v) is 12.1. The van der Waals surface area contributed by atoms with Gasteiger partial charge in [0.15, 0.2) is 0 Å². The molecule has 0 aliphatic heterocycles. The second-order valence-corrected chi connectivity index (χ2v) is 6.31. The zero-order valence-electron chi connectivity index (χ0n) is 10.6. The first-order chi connectivity index (χ1) is 8.04. The minimum atomic E-state index is -0.993. The Morgan fingerprint density at radius 2 is 2.12 bits per heavy atom. The summed E-state index contributed by atoms with van der Waals surface area (Å²) in [5, 5.41) is 4.01. The third-order valence-corrected chi connectivity index (χ3v) is 4.34. The van der Waals surface area contributed by atoms with E-state index in [-0.39, 0.29) is 6.04 Å². The topological polar surface area (TPSA) is 29.1 Å². The van der Waals surface area contributed by atoms with Crippen LogP contribution in [0.4, 0.5) is 0 Å². The van der Waals surface area contributed by atoms with Crippen molar-refractivity contribution >= 4 is 22.4 Å². The van der Waals surface area contributed by atoms with Crippen LogP contribution in [0.5, 0.6) is 0 Å². The average molecular weight is 274 g/mol. The van der Waals surface area contributed by atoms with Crippen molar-refractivity contribution in [2.45, 2.75) is 31.7 Å². The van der Waals surface area contributed by atoms with Crippen molar-refractivity contribution in [2.24, 2.45) is 5.92 Å². The molecule has 0 saturated carbocycles. The molecule has 0 amide bonds. The fourth-order valence-corrected chi connectivity index (χ4v) is 3.38. The molecular weight excluding hydrogens is 254 g/mol. The molecule has 0 spiro atoms. The van der Waals surface area contributed by atoms with Gasteiger partial charge in [-0.1, -0.05) is 38.4 Å². The maximum Gasteiger partial charge on any atom is 0.0545 e. The molecule has 1 aromatic rings. The minimum absolute atomic E-state index is 0.278. The van der Waals surface area contributed by atoms with Crippen molar-refractivity contribution in [1.29, 1.82) is 0 Å². The maximum atomic E-state index is 12.2. The quantitative estimate of drug-likeness (QED) is 0.863. The Morgan fingerprint density at radius 3 is 2.65 bits per heavy atom. The molecule has 0 bridgehead atoms. The van der Waals surface area contributed by atoms with E-state index in [9.17, 15) is 4.21 Å². The van der Waals surface area contributed by atoms with Gasteiger partial charge >= 0.3 is 0 Å². The molecule has 0 aliphatic carbocycles. The second-order valence-electron chi connectivity index (χ2n) is 4.38. The van der Waals surface area contributed by atoms with Gasteiger partial charge in [0.1, 0.15) is 0 Å². The van der Waals surface area contributed by atoms with Crippen molar-refractivity contribution in [1.82, 2.24) is 5.32 Å². The molecule has 2 nitrogen and oxygen atoms in total. The van der Waals surface area contributed by atoms with Crippen LogP contribution in [0.3, 0.4) is 0 Å². The Bertz CT molecular complexity index is 381. The molecule has 96 valence electrons. The van der Waals surface area contributed by atoms with Crippen molar-refractivity contribution in [3.63, 3.8) is 0 Å². The highest BCUT2D eigenvalue weighted by molar-refractivity contribution is 7.85. The Balaban J connectivity index is 2.70. The highest BCUT2D eigenvalue weighted by Gasteiger charge is 2.16. The first-order valence-electron chi connectivity index (χ1n) is 5.92. The largest absolute Gasteiger partial charge is 0.313 e. The van der Waals surface area contributed by atoms with Crippen molar-refractivity contribution in [2.75, 3.05) is 12.3 Å². The molecule has 0 radical (unpaired) electrons. The van der Waals surface area contributed by atoms with Crippen LogP contribution in [-0.2, 0) is 10.8 Å². The fourth-order valence-electron chi connectivity index (χ4n) is 1.62. The number of halogens is 1. The lowest BCUT2D eigenvalue weighted by atomic mass is 10.1. The van der Waals surface area contributed by atoms with Crippen LogP contribution in [0, 0.1) is 5.92 Å². The van der Waals surface area contributed by atoms with Crippen LogP contribution in [-0.4, -0.2) is 22.5 Å². The predicted molar refractivity (Wildman–Crippen MR) is 75.0 cm³/mol. The van der Waals surface area contributed by atoms with Gasteiger partial charge in [0.25, 0.3) is 0 Å². The molecule has 0 heterocycles. The van der Waals surface area contributed by atoms with Gasteiger partial charge in [0, 0.05) is 21.7 Å². The van der Waals surface area contributed by atoms with Gasteiger partial charge in [0.2, 0.25) is 0 Å². The molecule has 4 heteroatoms. The molecule has 0 aromatic heterocycles. The summed E-state index contributed by atoms with van der Waals surface area (Å²) < 4.78 is 12.2. The van der Waals surface area contributed by atoms with E-state index in [4.69, 9.17) is 11.6 Å². The summed E-state index contributed by atoms with van der Waals surface area (Å²) >= 11 is 5.90. The van der Waals surface area contributed by atoms with E-state index in [2.05, 4.69) is 26.1 Å². The van der Waals surface area contributed by atoms with E-state index in [1.165, 1.54) is 0 Å². The fraction of sp³-hybridized carbons (Fsp3) is 0.538. The standard InChI is InChI=1S/C13H20ClNOS/c1-4-15-13(10(2)3)9-17(16)12-7-5-6-11(14)8-12/h5-8,10,13,15H,4,9H2,1-3H3. The van der Waals surface area contributed by atoms with Crippen LogP contribution in [0.1, 0.15) is 20.8 Å². The molecular formula is C13H20ClNOS.